The van der Waals surface area contributed by atoms with Gasteiger partial charge in [-0.1, -0.05) is 55.0 Å². The van der Waals surface area contributed by atoms with Crippen molar-refractivity contribution in [1.82, 2.24) is 10.2 Å². The van der Waals surface area contributed by atoms with Gasteiger partial charge in [-0.3, -0.25) is 9.59 Å². The van der Waals surface area contributed by atoms with Crippen molar-refractivity contribution in [3.63, 3.8) is 0 Å². The molecule has 156 valence electrons. The maximum atomic E-state index is 13.3. The van der Waals surface area contributed by atoms with Gasteiger partial charge in [-0.25, -0.2) is 0 Å². The van der Waals surface area contributed by atoms with Crippen LogP contribution in [0.1, 0.15) is 55.0 Å². The van der Waals surface area contributed by atoms with Gasteiger partial charge in [-0.15, -0.1) is 0 Å². The van der Waals surface area contributed by atoms with Crippen molar-refractivity contribution in [2.45, 2.75) is 73.0 Å². The smallest absolute Gasteiger partial charge is 0.243 e. The first-order valence-corrected chi connectivity index (χ1v) is 10.4. The molecule has 0 aliphatic rings. The number of nitrogens with one attached hydrogen (secondary N) is 1. The van der Waals surface area contributed by atoms with Crippen LogP contribution in [0.3, 0.4) is 0 Å². The molecule has 2 amide bonds. The van der Waals surface area contributed by atoms with Crippen molar-refractivity contribution in [2.24, 2.45) is 0 Å². The Morgan fingerprint density at radius 2 is 1.69 bits per heavy atom. The minimum absolute atomic E-state index is 0.0273. The fourth-order valence-electron chi connectivity index (χ4n) is 3.50. The van der Waals surface area contributed by atoms with Gasteiger partial charge in [0.05, 0.1) is 6.42 Å². The zero-order chi connectivity index (χ0) is 21.6. The van der Waals surface area contributed by atoms with E-state index in [4.69, 9.17) is 0 Å². The molecule has 2 aromatic rings. The Morgan fingerprint density at radius 1 is 0.966 bits per heavy atom. The van der Waals surface area contributed by atoms with Gasteiger partial charge in [0.1, 0.15) is 6.04 Å². The fraction of sp³-hybridized carbons (Fsp3) is 0.440. The molecule has 2 rings (SSSR count). The van der Waals surface area contributed by atoms with Gasteiger partial charge < -0.3 is 10.2 Å². The molecule has 0 radical (unpaired) electrons. The highest BCUT2D eigenvalue weighted by atomic mass is 16.2. The van der Waals surface area contributed by atoms with E-state index in [0.29, 0.717) is 19.4 Å². The van der Waals surface area contributed by atoms with Crippen molar-refractivity contribution in [3.8, 4) is 0 Å². The molecule has 4 nitrogen and oxygen atoms in total. The topological polar surface area (TPSA) is 49.4 Å². The van der Waals surface area contributed by atoms with Gasteiger partial charge in [0.15, 0.2) is 0 Å². The number of rotatable bonds is 8. The zero-order valence-corrected chi connectivity index (χ0v) is 18.6. The first kappa shape index (κ1) is 22.7. The van der Waals surface area contributed by atoms with Gasteiger partial charge in [0.25, 0.3) is 0 Å². The number of carbonyl (C=O) groups excluding carboxylic acids is 2. The van der Waals surface area contributed by atoms with Crippen LogP contribution in [-0.2, 0) is 22.6 Å². The van der Waals surface area contributed by atoms with Crippen molar-refractivity contribution in [2.75, 3.05) is 0 Å². The maximum absolute atomic E-state index is 13.3. The number of benzene rings is 2. The normalized spacial score (nSPS) is 12.0. The van der Waals surface area contributed by atoms with Crippen molar-refractivity contribution in [3.05, 3.63) is 70.3 Å². The molecular weight excluding hydrogens is 360 g/mol. The summed E-state index contributed by atoms with van der Waals surface area (Å²) < 4.78 is 0. The molecule has 0 bridgehead atoms. The van der Waals surface area contributed by atoms with Crippen LogP contribution < -0.4 is 5.32 Å². The number of nitrogens with zero attached hydrogens (tertiary/aromatic N) is 1. The van der Waals surface area contributed by atoms with Gasteiger partial charge in [0.2, 0.25) is 11.8 Å². The molecule has 0 unspecified atom stereocenters. The molecule has 4 heteroatoms. The van der Waals surface area contributed by atoms with Gasteiger partial charge >= 0.3 is 0 Å². The number of hydrogen-bond acceptors (Lipinski definition) is 2. The molecule has 2 aromatic carbocycles. The zero-order valence-electron chi connectivity index (χ0n) is 18.6. The molecular formula is C25H34N2O2. The van der Waals surface area contributed by atoms with E-state index < -0.39 is 6.04 Å². The molecule has 0 saturated carbocycles. The van der Waals surface area contributed by atoms with E-state index in [1.807, 2.05) is 58.0 Å². The summed E-state index contributed by atoms with van der Waals surface area (Å²) in [4.78, 5) is 27.9. The summed E-state index contributed by atoms with van der Waals surface area (Å²) in [5.74, 6) is -0.121. The lowest BCUT2D eigenvalue weighted by atomic mass is 10.0. The Labute approximate surface area is 175 Å². The summed E-state index contributed by atoms with van der Waals surface area (Å²) in [6, 6.07) is 13.8. The molecule has 0 saturated heterocycles. The van der Waals surface area contributed by atoms with E-state index >= 15 is 0 Å². The summed E-state index contributed by atoms with van der Waals surface area (Å²) >= 11 is 0. The quantitative estimate of drug-likeness (QED) is 0.717. The Hall–Kier alpha value is -2.62. The minimum Gasteiger partial charge on any atom is -0.352 e. The second-order valence-corrected chi connectivity index (χ2v) is 8.19. The largest absolute Gasteiger partial charge is 0.352 e. The highest BCUT2D eigenvalue weighted by Gasteiger charge is 2.29. The second-order valence-electron chi connectivity index (χ2n) is 8.19. The van der Waals surface area contributed by atoms with Crippen molar-refractivity contribution >= 4 is 11.8 Å². The van der Waals surface area contributed by atoms with Crippen LogP contribution in [0.2, 0.25) is 0 Å². The van der Waals surface area contributed by atoms with Gasteiger partial charge in [0, 0.05) is 12.6 Å². The van der Waals surface area contributed by atoms with Gasteiger partial charge in [-0.2, -0.15) is 0 Å². The lowest BCUT2D eigenvalue weighted by Crippen LogP contribution is -2.50. The average molecular weight is 395 g/mol. The Bertz CT molecular complexity index is 858. The lowest BCUT2D eigenvalue weighted by Gasteiger charge is -2.31. The molecule has 0 aromatic heterocycles. The number of carbonyl (C=O) groups is 2. The van der Waals surface area contributed by atoms with E-state index in [9.17, 15) is 9.59 Å². The Morgan fingerprint density at radius 3 is 2.28 bits per heavy atom. The third-order valence-electron chi connectivity index (χ3n) is 5.18. The van der Waals surface area contributed by atoms with E-state index in [2.05, 4.69) is 31.3 Å². The first-order valence-electron chi connectivity index (χ1n) is 10.4. The monoisotopic (exact) mass is 394 g/mol. The molecule has 1 N–H and O–H groups in total. The highest BCUT2D eigenvalue weighted by Crippen LogP contribution is 2.17. The van der Waals surface area contributed by atoms with E-state index in [-0.39, 0.29) is 17.9 Å². The second kappa shape index (κ2) is 10.2. The fourth-order valence-corrected chi connectivity index (χ4v) is 3.50. The summed E-state index contributed by atoms with van der Waals surface area (Å²) in [6.45, 7) is 12.4. The summed E-state index contributed by atoms with van der Waals surface area (Å²) in [5.41, 5.74) is 5.54. The Kier molecular flexibility index (Phi) is 8.00. The SMILES string of the molecule is CC[C@@H](C(=O)NC(C)C)N(Cc1cccc(C)c1)C(=O)Cc1ccc(C)c(C)c1. The standard InChI is InChI=1S/C25H34N2O2/c1-7-23(25(29)26-17(2)3)27(16-22-10-8-9-18(4)13-22)24(28)15-21-12-11-19(5)20(6)14-21/h8-14,17,23H,7,15-16H2,1-6H3,(H,26,29)/t23-/m0/s1. The molecule has 0 fully saturated rings. The minimum atomic E-state index is -0.489. The third-order valence-corrected chi connectivity index (χ3v) is 5.18. The summed E-state index contributed by atoms with van der Waals surface area (Å²) in [5, 5.41) is 2.97. The first-order chi connectivity index (χ1) is 13.7. The summed E-state index contributed by atoms with van der Waals surface area (Å²) in [6.07, 6.45) is 0.863. The van der Waals surface area contributed by atoms with E-state index in [1.165, 1.54) is 11.1 Å². The Balaban J connectivity index is 2.31. The number of hydrogen-bond donors (Lipinski definition) is 1. The van der Waals surface area contributed by atoms with Crippen LogP contribution in [0.15, 0.2) is 42.5 Å². The van der Waals surface area contributed by atoms with Crippen LogP contribution in [0.5, 0.6) is 0 Å². The average Bonchev–Trinajstić information content (AvgIpc) is 2.64. The highest BCUT2D eigenvalue weighted by molar-refractivity contribution is 5.88. The van der Waals surface area contributed by atoms with Gasteiger partial charge in [-0.05, 0) is 63.3 Å². The number of aryl methyl sites for hydroxylation is 3. The number of amides is 2. The van der Waals surface area contributed by atoms with Crippen LogP contribution in [-0.4, -0.2) is 28.8 Å². The predicted octanol–water partition coefficient (Wildman–Crippen LogP) is 4.49. The maximum Gasteiger partial charge on any atom is 0.243 e. The molecule has 0 aliphatic heterocycles. The van der Waals surface area contributed by atoms with Crippen LogP contribution >= 0.6 is 0 Å². The summed E-state index contributed by atoms with van der Waals surface area (Å²) in [7, 11) is 0. The van der Waals surface area contributed by atoms with Crippen LogP contribution in [0.4, 0.5) is 0 Å². The van der Waals surface area contributed by atoms with E-state index in [0.717, 1.165) is 16.7 Å². The van der Waals surface area contributed by atoms with Crippen molar-refractivity contribution < 1.29 is 9.59 Å². The predicted molar refractivity (Wildman–Crippen MR) is 119 cm³/mol. The third kappa shape index (κ3) is 6.45. The van der Waals surface area contributed by atoms with E-state index in [1.54, 1.807) is 4.90 Å². The molecule has 0 heterocycles. The molecule has 1 atom stereocenters. The molecule has 0 spiro atoms. The molecule has 29 heavy (non-hydrogen) atoms. The lowest BCUT2D eigenvalue weighted by molar-refractivity contribution is -0.141. The van der Waals surface area contributed by atoms with Crippen LogP contribution in [0, 0.1) is 20.8 Å². The van der Waals surface area contributed by atoms with Crippen molar-refractivity contribution in [1.29, 1.82) is 0 Å². The van der Waals surface area contributed by atoms with Crippen LogP contribution in [0.25, 0.3) is 0 Å². The molecule has 0 aliphatic carbocycles.